The first-order chi connectivity index (χ1) is 20.1. The van der Waals surface area contributed by atoms with Gasteiger partial charge in [0.15, 0.2) is 0 Å². The summed E-state index contributed by atoms with van der Waals surface area (Å²) in [5.74, 6) is 0. The quantitative estimate of drug-likeness (QED) is 0.241. The van der Waals surface area contributed by atoms with Crippen LogP contribution in [-0.2, 0) is 5.41 Å². The monoisotopic (exact) mass is 526 g/mol. The highest BCUT2D eigenvalue weighted by Crippen LogP contribution is 2.52. The van der Waals surface area contributed by atoms with Crippen LogP contribution in [0.25, 0.3) is 49.7 Å². The second-order valence-corrected chi connectivity index (χ2v) is 11.5. The number of anilines is 2. The number of hydrogen-bond acceptors (Lipinski definition) is 1. The van der Waals surface area contributed by atoms with Crippen molar-refractivity contribution >= 4 is 33.2 Å². The zero-order valence-corrected chi connectivity index (χ0v) is 23.2. The molecule has 7 aromatic rings. The van der Waals surface area contributed by atoms with Crippen LogP contribution in [0.5, 0.6) is 0 Å². The van der Waals surface area contributed by atoms with Gasteiger partial charge in [-0.1, -0.05) is 111 Å². The molecule has 0 atom stereocenters. The Kier molecular flexibility index (Phi) is 5.20. The lowest BCUT2D eigenvalue weighted by Gasteiger charge is -2.22. The topological polar surface area (TPSA) is 17.0 Å². The summed E-state index contributed by atoms with van der Waals surface area (Å²) >= 11 is 0. The molecule has 1 heterocycles. The molecule has 0 saturated carbocycles. The van der Waals surface area contributed by atoms with Crippen LogP contribution in [0, 0.1) is 0 Å². The van der Waals surface area contributed by atoms with Crippen molar-refractivity contribution in [3.8, 4) is 27.9 Å². The van der Waals surface area contributed by atoms with E-state index < -0.39 is 0 Å². The van der Waals surface area contributed by atoms with Gasteiger partial charge in [0.05, 0.1) is 11.0 Å². The Labute approximate surface area is 240 Å². The van der Waals surface area contributed by atoms with Crippen LogP contribution < -0.4 is 5.32 Å². The summed E-state index contributed by atoms with van der Waals surface area (Å²) in [6, 6.07) is 50.4. The molecule has 0 fully saturated rings. The van der Waals surface area contributed by atoms with Gasteiger partial charge in [0.25, 0.3) is 0 Å². The van der Waals surface area contributed by atoms with Gasteiger partial charge in [0.2, 0.25) is 0 Å². The molecule has 1 aliphatic rings. The maximum Gasteiger partial charge on any atom is 0.0541 e. The highest BCUT2D eigenvalue weighted by molar-refractivity contribution is 6.10. The molecule has 0 aliphatic heterocycles. The smallest absolute Gasteiger partial charge is 0.0541 e. The number of fused-ring (bicyclic) bond motifs is 6. The summed E-state index contributed by atoms with van der Waals surface area (Å²) in [4.78, 5) is 0. The molecule has 8 rings (SSSR count). The lowest BCUT2D eigenvalue weighted by atomic mass is 9.82. The van der Waals surface area contributed by atoms with E-state index >= 15 is 0 Å². The van der Waals surface area contributed by atoms with Crippen LogP contribution in [0.4, 0.5) is 11.4 Å². The molecule has 1 aromatic heterocycles. The highest BCUT2D eigenvalue weighted by Gasteiger charge is 2.36. The summed E-state index contributed by atoms with van der Waals surface area (Å²) in [5.41, 5.74) is 13.6. The normalized spacial score (nSPS) is 13.3. The fourth-order valence-corrected chi connectivity index (χ4v) is 6.84. The van der Waals surface area contributed by atoms with E-state index in [1.165, 1.54) is 60.9 Å². The Morgan fingerprint density at radius 3 is 2.05 bits per heavy atom. The lowest BCUT2D eigenvalue weighted by Crippen LogP contribution is -2.14. The third-order valence-electron chi connectivity index (χ3n) is 8.80. The second kappa shape index (κ2) is 8.97. The summed E-state index contributed by atoms with van der Waals surface area (Å²) in [6.07, 6.45) is 0. The molecule has 0 spiro atoms. The summed E-state index contributed by atoms with van der Waals surface area (Å²) in [6.45, 7) is 4.66. The van der Waals surface area contributed by atoms with Gasteiger partial charge in [-0.2, -0.15) is 0 Å². The van der Waals surface area contributed by atoms with Crippen molar-refractivity contribution in [3.63, 3.8) is 0 Å². The number of aromatic nitrogens is 1. The van der Waals surface area contributed by atoms with E-state index in [1.807, 2.05) is 0 Å². The van der Waals surface area contributed by atoms with Crippen molar-refractivity contribution in [2.75, 3.05) is 5.32 Å². The third kappa shape index (κ3) is 3.57. The van der Waals surface area contributed by atoms with Crippen molar-refractivity contribution in [2.45, 2.75) is 19.3 Å². The van der Waals surface area contributed by atoms with Crippen LogP contribution in [0.1, 0.15) is 25.0 Å². The van der Waals surface area contributed by atoms with Gasteiger partial charge >= 0.3 is 0 Å². The lowest BCUT2D eigenvalue weighted by molar-refractivity contribution is 0.660. The van der Waals surface area contributed by atoms with Gasteiger partial charge in [0.1, 0.15) is 0 Å². The Bertz CT molecular complexity index is 2100. The summed E-state index contributed by atoms with van der Waals surface area (Å²) in [5, 5.41) is 6.38. The Morgan fingerprint density at radius 2 is 1.17 bits per heavy atom. The maximum atomic E-state index is 3.86. The van der Waals surface area contributed by atoms with Gasteiger partial charge < -0.3 is 9.88 Å². The van der Waals surface area contributed by atoms with Crippen molar-refractivity contribution in [2.24, 2.45) is 0 Å². The van der Waals surface area contributed by atoms with Crippen LogP contribution in [-0.4, -0.2) is 4.57 Å². The largest absolute Gasteiger partial charge is 0.355 e. The highest BCUT2D eigenvalue weighted by atomic mass is 15.0. The minimum absolute atomic E-state index is 0.0266. The van der Waals surface area contributed by atoms with Crippen molar-refractivity contribution < 1.29 is 0 Å². The number of para-hydroxylation sites is 3. The summed E-state index contributed by atoms with van der Waals surface area (Å²) in [7, 11) is 0. The van der Waals surface area contributed by atoms with Gasteiger partial charge in [-0.05, 0) is 64.7 Å². The average molecular weight is 527 g/mol. The average Bonchev–Trinajstić information content (AvgIpc) is 3.47. The van der Waals surface area contributed by atoms with Gasteiger partial charge in [-0.3, -0.25) is 0 Å². The zero-order valence-electron chi connectivity index (χ0n) is 23.2. The standard InChI is InChI=1S/C39H30N2/c1-39(2)32-18-9-6-17-30(32)38-33(39)19-12-21-35(38)40-34-20-10-7-15-28(34)26-23-24-37-31(25-26)29-16-8-11-22-36(29)41(37)27-13-4-3-5-14-27/h3-25,40H,1-2H3. The van der Waals surface area contributed by atoms with Crippen molar-refractivity contribution in [1.29, 1.82) is 0 Å². The maximum absolute atomic E-state index is 3.86. The Balaban J connectivity index is 1.28. The van der Waals surface area contributed by atoms with E-state index in [4.69, 9.17) is 0 Å². The molecule has 2 heteroatoms. The SMILES string of the molecule is CC1(C)c2ccccc2-c2c(Nc3ccccc3-c3ccc4c(c3)c3ccccc3n4-c3ccccc3)cccc21. The Hall–Kier alpha value is -5.08. The molecule has 0 bridgehead atoms. The zero-order chi connectivity index (χ0) is 27.6. The first-order valence-electron chi connectivity index (χ1n) is 14.3. The molecule has 2 nitrogen and oxygen atoms in total. The van der Waals surface area contributed by atoms with Crippen LogP contribution >= 0.6 is 0 Å². The van der Waals surface area contributed by atoms with E-state index in [0.29, 0.717) is 0 Å². The molecular formula is C39H30N2. The molecule has 41 heavy (non-hydrogen) atoms. The first-order valence-corrected chi connectivity index (χ1v) is 14.3. The summed E-state index contributed by atoms with van der Waals surface area (Å²) < 4.78 is 2.37. The number of benzene rings is 6. The van der Waals surface area contributed by atoms with Gasteiger partial charge in [-0.25, -0.2) is 0 Å². The third-order valence-corrected chi connectivity index (χ3v) is 8.80. The molecule has 6 aromatic carbocycles. The van der Waals surface area contributed by atoms with Crippen molar-refractivity contribution in [3.05, 3.63) is 151 Å². The minimum atomic E-state index is -0.0266. The van der Waals surface area contributed by atoms with E-state index in [0.717, 1.165) is 11.4 Å². The van der Waals surface area contributed by atoms with E-state index in [9.17, 15) is 0 Å². The second-order valence-electron chi connectivity index (χ2n) is 11.5. The van der Waals surface area contributed by atoms with E-state index in [-0.39, 0.29) is 5.41 Å². The minimum Gasteiger partial charge on any atom is -0.355 e. The molecule has 1 N–H and O–H groups in total. The van der Waals surface area contributed by atoms with Gasteiger partial charge in [0, 0.05) is 44.4 Å². The number of nitrogens with zero attached hydrogens (tertiary/aromatic N) is 1. The fourth-order valence-electron chi connectivity index (χ4n) is 6.84. The Morgan fingerprint density at radius 1 is 0.512 bits per heavy atom. The molecule has 196 valence electrons. The van der Waals surface area contributed by atoms with Crippen LogP contribution in [0.2, 0.25) is 0 Å². The molecule has 0 unspecified atom stereocenters. The molecule has 0 amide bonds. The number of rotatable bonds is 4. The van der Waals surface area contributed by atoms with E-state index in [1.54, 1.807) is 0 Å². The fraction of sp³-hybridized carbons (Fsp3) is 0.0769. The molecule has 0 radical (unpaired) electrons. The number of hydrogen-bond donors (Lipinski definition) is 1. The van der Waals surface area contributed by atoms with Crippen LogP contribution in [0.15, 0.2) is 140 Å². The number of nitrogens with one attached hydrogen (secondary N) is 1. The van der Waals surface area contributed by atoms with E-state index in [2.05, 4.69) is 163 Å². The molecule has 0 saturated heterocycles. The van der Waals surface area contributed by atoms with Crippen molar-refractivity contribution in [1.82, 2.24) is 4.57 Å². The van der Waals surface area contributed by atoms with Crippen LogP contribution in [0.3, 0.4) is 0 Å². The molecular weight excluding hydrogens is 496 g/mol. The predicted molar refractivity (Wildman–Crippen MR) is 174 cm³/mol. The predicted octanol–water partition coefficient (Wildman–Crippen LogP) is 10.5. The first kappa shape index (κ1) is 23.8. The van der Waals surface area contributed by atoms with Gasteiger partial charge in [-0.15, -0.1) is 0 Å². The molecule has 1 aliphatic carbocycles.